The zero-order valence-corrected chi connectivity index (χ0v) is 21.6. The van der Waals surface area contributed by atoms with Gasteiger partial charge in [-0.1, -0.05) is 47.7 Å². The molecular weight excluding hydrogens is 488 g/mol. The van der Waals surface area contributed by atoms with Crippen LogP contribution in [0.25, 0.3) is 5.69 Å². The minimum atomic E-state index is -0.156. The van der Waals surface area contributed by atoms with E-state index in [1.807, 2.05) is 47.0 Å². The van der Waals surface area contributed by atoms with Crippen LogP contribution in [0.15, 0.2) is 59.8 Å². The number of anilines is 2. The molecule has 0 bridgehead atoms. The summed E-state index contributed by atoms with van der Waals surface area (Å²) in [4.78, 5) is 14.1. The molecule has 0 saturated heterocycles. The van der Waals surface area contributed by atoms with E-state index in [0.717, 1.165) is 48.4 Å². The number of para-hydroxylation sites is 1. The number of hydrogen-bond donors (Lipinski definition) is 2. The molecule has 1 aliphatic carbocycles. The Morgan fingerprint density at radius 3 is 2.67 bits per heavy atom. The van der Waals surface area contributed by atoms with E-state index in [-0.39, 0.29) is 11.7 Å². The number of hydrogen-bond acceptors (Lipinski definition) is 7. The number of carbonyl (C=O) groups is 1. The number of aromatic nitrogens is 3. The number of nitrogens with zero attached hydrogens (tertiary/aromatic N) is 4. The Kier molecular flexibility index (Phi) is 7.35. The molecule has 2 heterocycles. The number of benzene rings is 2. The van der Waals surface area contributed by atoms with Crippen LogP contribution in [0, 0.1) is 18.3 Å². The number of thioether (sulfide) groups is 1. The van der Waals surface area contributed by atoms with Crippen LogP contribution in [0.1, 0.15) is 40.2 Å². The lowest BCUT2D eigenvalue weighted by atomic mass is 9.96. The molecule has 0 unspecified atom stereocenters. The number of aryl methyl sites for hydroxylation is 2. The van der Waals surface area contributed by atoms with Crippen molar-refractivity contribution in [1.29, 1.82) is 5.26 Å². The van der Waals surface area contributed by atoms with Gasteiger partial charge >= 0.3 is 0 Å². The van der Waals surface area contributed by atoms with Crippen LogP contribution < -0.4 is 10.6 Å². The van der Waals surface area contributed by atoms with E-state index in [1.54, 1.807) is 11.3 Å². The largest absolute Gasteiger partial charge is 0.378 e. The number of carbonyl (C=O) groups excluding carboxylic acids is 1. The number of nitrogens with one attached hydrogen (secondary N) is 2. The predicted octanol–water partition coefficient (Wildman–Crippen LogP) is 5.73. The molecule has 1 aliphatic rings. The molecule has 7 nitrogen and oxygen atoms in total. The van der Waals surface area contributed by atoms with Gasteiger partial charge < -0.3 is 10.6 Å². The lowest BCUT2D eigenvalue weighted by molar-refractivity contribution is -0.113. The highest BCUT2D eigenvalue weighted by Crippen LogP contribution is 2.37. The van der Waals surface area contributed by atoms with Crippen molar-refractivity contribution in [3.8, 4) is 11.8 Å². The summed E-state index contributed by atoms with van der Waals surface area (Å²) in [5.41, 5.74) is 4.89. The number of fused-ring (bicyclic) bond motifs is 1. The van der Waals surface area contributed by atoms with Gasteiger partial charge in [0.15, 0.2) is 11.0 Å². The molecule has 1 amide bonds. The van der Waals surface area contributed by atoms with Crippen molar-refractivity contribution < 1.29 is 4.79 Å². The first-order valence-corrected chi connectivity index (χ1v) is 13.7. The number of thiophene rings is 1. The first kappa shape index (κ1) is 24.1. The summed E-state index contributed by atoms with van der Waals surface area (Å²) in [5.74, 6) is 0.767. The van der Waals surface area contributed by atoms with E-state index in [0.29, 0.717) is 22.3 Å². The minimum absolute atomic E-state index is 0.156. The van der Waals surface area contributed by atoms with Crippen LogP contribution in [0.5, 0.6) is 0 Å². The van der Waals surface area contributed by atoms with Crippen LogP contribution in [0.3, 0.4) is 0 Å². The Bertz CT molecular complexity index is 1400. The first-order valence-electron chi connectivity index (χ1n) is 11.9. The molecule has 2 aromatic carbocycles. The van der Waals surface area contributed by atoms with Crippen LogP contribution >= 0.6 is 23.1 Å². The van der Waals surface area contributed by atoms with Crippen molar-refractivity contribution in [1.82, 2.24) is 14.8 Å². The van der Waals surface area contributed by atoms with Crippen LogP contribution in [-0.2, 0) is 24.2 Å². The zero-order valence-electron chi connectivity index (χ0n) is 20.0. The van der Waals surface area contributed by atoms with E-state index < -0.39 is 0 Å². The quantitative estimate of drug-likeness (QED) is 0.292. The summed E-state index contributed by atoms with van der Waals surface area (Å²) < 4.78 is 1.98. The molecule has 0 aliphatic heterocycles. The van der Waals surface area contributed by atoms with Crippen LogP contribution in [-0.4, -0.2) is 26.4 Å². The monoisotopic (exact) mass is 514 g/mol. The van der Waals surface area contributed by atoms with Crippen LogP contribution in [0.2, 0.25) is 0 Å². The molecule has 5 rings (SSSR count). The number of nitriles is 1. The average Bonchev–Trinajstić information content (AvgIpc) is 3.48. The molecule has 0 fully saturated rings. The second-order valence-electron chi connectivity index (χ2n) is 8.65. The summed E-state index contributed by atoms with van der Waals surface area (Å²) >= 11 is 2.87. The highest BCUT2D eigenvalue weighted by molar-refractivity contribution is 7.99. The normalized spacial score (nSPS) is 12.6. The zero-order chi connectivity index (χ0) is 24.9. The molecule has 36 heavy (non-hydrogen) atoms. The molecule has 0 atom stereocenters. The molecule has 9 heteroatoms. The summed E-state index contributed by atoms with van der Waals surface area (Å²) in [6.45, 7) is 2.55. The van der Waals surface area contributed by atoms with Gasteiger partial charge in [0.1, 0.15) is 11.1 Å². The molecule has 0 radical (unpaired) electrons. The van der Waals surface area contributed by atoms with Crippen molar-refractivity contribution in [2.75, 3.05) is 16.4 Å². The lowest BCUT2D eigenvalue weighted by Gasteiger charge is -2.11. The standard InChI is InChI=1S/C27H26N6OS2/c1-18-11-13-19(14-12-18)29-16-24-31-32-27(33(24)20-7-3-2-4-8-20)35-17-25(34)30-26-22(15-28)21-9-5-6-10-23(21)36-26/h2-4,7-8,11-14,29H,5-6,9-10,16-17H2,1H3,(H,30,34). The maximum absolute atomic E-state index is 12.9. The van der Waals surface area contributed by atoms with Crippen molar-refractivity contribution in [2.45, 2.75) is 44.3 Å². The van der Waals surface area contributed by atoms with E-state index >= 15 is 0 Å². The minimum Gasteiger partial charge on any atom is -0.378 e. The average molecular weight is 515 g/mol. The van der Waals surface area contributed by atoms with Crippen molar-refractivity contribution in [3.63, 3.8) is 0 Å². The smallest absolute Gasteiger partial charge is 0.235 e. The molecule has 2 N–H and O–H groups in total. The third-order valence-electron chi connectivity index (χ3n) is 6.09. The maximum Gasteiger partial charge on any atom is 0.235 e. The Morgan fingerprint density at radius 1 is 1.11 bits per heavy atom. The van der Waals surface area contributed by atoms with Gasteiger partial charge in [0.05, 0.1) is 17.9 Å². The van der Waals surface area contributed by atoms with Crippen molar-refractivity contribution in [3.05, 3.63) is 82.0 Å². The number of rotatable bonds is 8. The Balaban J connectivity index is 1.31. The van der Waals surface area contributed by atoms with Crippen molar-refractivity contribution in [2.24, 2.45) is 0 Å². The Morgan fingerprint density at radius 2 is 1.89 bits per heavy atom. The van der Waals surface area contributed by atoms with E-state index in [9.17, 15) is 10.1 Å². The van der Waals surface area contributed by atoms with Gasteiger partial charge in [0.2, 0.25) is 5.91 Å². The van der Waals surface area contributed by atoms with Crippen LogP contribution in [0.4, 0.5) is 10.7 Å². The molecular formula is C27H26N6OS2. The molecule has 0 saturated carbocycles. The molecule has 0 spiro atoms. The summed E-state index contributed by atoms with van der Waals surface area (Å²) in [5, 5.41) is 26.2. The van der Waals surface area contributed by atoms with E-state index in [1.165, 1.54) is 22.2 Å². The highest BCUT2D eigenvalue weighted by atomic mass is 32.2. The van der Waals surface area contributed by atoms with Gasteiger partial charge in [-0.3, -0.25) is 9.36 Å². The predicted molar refractivity (Wildman–Crippen MR) is 145 cm³/mol. The third-order valence-corrected chi connectivity index (χ3v) is 8.22. The van der Waals surface area contributed by atoms with Gasteiger partial charge in [-0.2, -0.15) is 5.26 Å². The van der Waals surface area contributed by atoms with Gasteiger partial charge in [0.25, 0.3) is 0 Å². The van der Waals surface area contributed by atoms with E-state index in [2.05, 4.69) is 46.0 Å². The second kappa shape index (κ2) is 11.0. The lowest BCUT2D eigenvalue weighted by Crippen LogP contribution is -2.15. The fraction of sp³-hybridized carbons (Fsp3) is 0.259. The topological polar surface area (TPSA) is 95.6 Å². The fourth-order valence-corrected chi connectivity index (χ4v) is 6.29. The third kappa shape index (κ3) is 5.30. The summed E-state index contributed by atoms with van der Waals surface area (Å²) in [7, 11) is 0. The van der Waals surface area contributed by atoms with Crippen molar-refractivity contribution >= 4 is 39.7 Å². The van der Waals surface area contributed by atoms with Gasteiger partial charge in [-0.05, 0) is 62.4 Å². The highest BCUT2D eigenvalue weighted by Gasteiger charge is 2.22. The Labute approximate surface area is 218 Å². The first-order chi connectivity index (χ1) is 17.6. The van der Waals surface area contributed by atoms with E-state index in [4.69, 9.17) is 0 Å². The molecule has 4 aromatic rings. The summed E-state index contributed by atoms with van der Waals surface area (Å²) in [6.07, 6.45) is 4.13. The van der Waals surface area contributed by atoms with Gasteiger partial charge in [-0.25, -0.2) is 0 Å². The molecule has 182 valence electrons. The SMILES string of the molecule is Cc1ccc(NCc2nnc(SCC(=O)Nc3sc4c(c3C#N)CCCC4)n2-c2ccccc2)cc1. The maximum atomic E-state index is 12.9. The Hall–Kier alpha value is -3.61. The summed E-state index contributed by atoms with van der Waals surface area (Å²) in [6, 6.07) is 20.4. The van der Waals surface area contributed by atoms with Gasteiger partial charge in [-0.15, -0.1) is 21.5 Å². The van der Waals surface area contributed by atoms with Gasteiger partial charge in [0, 0.05) is 16.3 Å². The number of amides is 1. The fourth-order valence-electron chi connectivity index (χ4n) is 4.26. The molecule has 2 aromatic heterocycles. The second-order valence-corrected chi connectivity index (χ2v) is 10.7.